The summed E-state index contributed by atoms with van der Waals surface area (Å²) in [5.74, 6) is 0. The van der Waals surface area contributed by atoms with Crippen LogP contribution in [0.4, 0.5) is 17.1 Å². The Bertz CT molecular complexity index is 2890. The monoisotopic (exact) mass is 769 g/mol. The highest BCUT2D eigenvalue weighted by molar-refractivity contribution is 6.00. The minimum atomic E-state index is -0.479. The Morgan fingerprint density at radius 3 is 1.53 bits per heavy atom. The van der Waals surface area contributed by atoms with Crippen molar-refractivity contribution in [2.75, 3.05) is 4.90 Å². The molecule has 0 fully saturated rings. The highest BCUT2D eigenvalue weighted by Gasteiger charge is 2.46. The van der Waals surface area contributed by atoms with Crippen molar-refractivity contribution in [2.24, 2.45) is 0 Å². The Hall–Kier alpha value is -7.22. The first kappa shape index (κ1) is 37.1. The van der Waals surface area contributed by atoms with Gasteiger partial charge in [-0.25, -0.2) is 0 Å². The Morgan fingerprint density at radius 2 is 0.850 bits per heavy atom. The first-order chi connectivity index (χ1) is 29.7. The first-order valence-electron chi connectivity index (χ1n) is 21.3. The molecule has 0 saturated carbocycles. The summed E-state index contributed by atoms with van der Waals surface area (Å²) in [7, 11) is 0. The molecule has 0 aromatic heterocycles. The van der Waals surface area contributed by atoms with E-state index < -0.39 is 5.41 Å². The smallest absolute Gasteiger partial charge is 0.0713 e. The molecular weight excluding hydrogens is 723 g/mol. The maximum absolute atomic E-state index is 2.47. The number of benzene rings is 9. The number of hydrogen-bond donors (Lipinski definition) is 0. The van der Waals surface area contributed by atoms with Gasteiger partial charge in [0.15, 0.2) is 0 Å². The number of para-hydroxylation sites is 1. The third-order valence-electron chi connectivity index (χ3n) is 12.6. The molecule has 0 heterocycles. The quantitative estimate of drug-likeness (QED) is 0.134. The third-order valence-corrected chi connectivity index (χ3v) is 12.6. The van der Waals surface area contributed by atoms with Gasteiger partial charge in [0.1, 0.15) is 0 Å². The molecule has 10 rings (SSSR count). The average Bonchev–Trinajstić information content (AvgIpc) is 3.64. The van der Waals surface area contributed by atoms with Gasteiger partial charge in [0, 0.05) is 16.9 Å². The van der Waals surface area contributed by atoms with Gasteiger partial charge in [-0.2, -0.15) is 0 Å². The maximum atomic E-state index is 2.47. The average molecular weight is 770 g/mol. The van der Waals surface area contributed by atoms with Crippen molar-refractivity contribution in [3.63, 3.8) is 0 Å². The Balaban J connectivity index is 1.21. The lowest BCUT2D eigenvalue weighted by atomic mass is 9.67. The highest BCUT2D eigenvalue weighted by Crippen LogP contribution is 2.59. The zero-order chi connectivity index (χ0) is 40.5. The van der Waals surface area contributed by atoms with Crippen LogP contribution in [0.5, 0.6) is 0 Å². The summed E-state index contributed by atoms with van der Waals surface area (Å²) in [6.45, 7) is 4.53. The molecule has 60 heavy (non-hydrogen) atoms. The van der Waals surface area contributed by atoms with Gasteiger partial charge >= 0.3 is 0 Å². The van der Waals surface area contributed by atoms with Crippen LogP contribution in [0, 0.1) is 0 Å². The molecule has 1 aliphatic rings. The number of rotatable bonds is 10. The lowest BCUT2D eigenvalue weighted by molar-refractivity contribution is 0.768. The fraction of sp³-hybridized carbons (Fsp3) is 0.0847. The van der Waals surface area contributed by atoms with E-state index in [1.54, 1.807) is 0 Å². The summed E-state index contributed by atoms with van der Waals surface area (Å²) in [4.78, 5) is 2.47. The van der Waals surface area contributed by atoms with Crippen LogP contribution in [0.3, 0.4) is 0 Å². The zero-order valence-corrected chi connectivity index (χ0v) is 34.2. The van der Waals surface area contributed by atoms with Crippen LogP contribution in [0.15, 0.2) is 224 Å². The van der Waals surface area contributed by atoms with E-state index in [4.69, 9.17) is 0 Å². The standard InChI is InChI=1S/C59H47N/c1-3-42-21-14-15-28-50(42)51-40-39-49(41-43(51)4-2)60(48-37-35-45(36-38-48)44-22-8-5-9-23-44)57-34-19-17-29-52(57)53-31-20-33-56-58(53)54-30-16-18-32-55(54)59(56,46-24-10-6-11-25-46)47-26-12-7-13-27-47/h5-41H,3-4H2,1-2H3. The van der Waals surface area contributed by atoms with Gasteiger partial charge in [-0.05, 0) is 115 Å². The minimum Gasteiger partial charge on any atom is -0.310 e. The van der Waals surface area contributed by atoms with Crippen LogP contribution < -0.4 is 4.90 Å². The highest BCUT2D eigenvalue weighted by atomic mass is 15.1. The Labute approximate surface area is 354 Å². The van der Waals surface area contributed by atoms with Gasteiger partial charge in [0.2, 0.25) is 0 Å². The minimum absolute atomic E-state index is 0.479. The van der Waals surface area contributed by atoms with Crippen LogP contribution in [-0.2, 0) is 18.3 Å². The summed E-state index contributed by atoms with van der Waals surface area (Å²) in [5, 5.41) is 0. The van der Waals surface area contributed by atoms with Crippen molar-refractivity contribution in [3.05, 3.63) is 258 Å². The van der Waals surface area contributed by atoms with Gasteiger partial charge in [-0.15, -0.1) is 0 Å². The molecule has 9 aromatic rings. The molecule has 0 radical (unpaired) electrons. The molecule has 9 aromatic carbocycles. The fourth-order valence-corrected chi connectivity index (χ4v) is 9.84. The second kappa shape index (κ2) is 15.9. The van der Waals surface area contributed by atoms with Crippen LogP contribution in [-0.4, -0.2) is 0 Å². The molecular formula is C59H47N. The van der Waals surface area contributed by atoms with E-state index in [9.17, 15) is 0 Å². The summed E-state index contributed by atoms with van der Waals surface area (Å²) >= 11 is 0. The largest absolute Gasteiger partial charge is 0.310 e. The molecule has 1 nitrogen and oxygen atoms in total. The summed E-state index contributed by atoms with van der Waals surface area (Å²) in [6.07, 6.45) is 1.92. The van der Waals surface area contributed by atoms with E-state index >= 15 is 0 Å². The van der Waals surface area contributed by atoms with Gasteiger partial charge in [-0.3, -0.25) is 0 Å². The summed E-state index contributed by atoms with van der Waals surface area (Å²) in [5.41, 5.74) is 20.8. The molecule has 1 aliphatic carbocycles. The molecule has 0 saturated heterocycles. The van der Waals surface area contributed by atoms with E-state index in [2.05, 4.69) is 243 Å². The van der Waals surface area contributed by atoms with E-state index in [0.29, 0.717) is 0 Å². The molecule has 0 unspecified atom stereocenters. The van der Waals surface area contributed by atoms with E-state index in [-0.39, 0.29) is 0 Å². The van der Waals surface area contributed by atoms with Crippen molar-refractivity contribution >= 4 is 17.1 Å². The zero-order valence-electron chi connectivity index (χ0n) is 34.2. The lowest BCUT2D eigenvalue weighted by Gasteiger charge is -2.34. The van der Waals surface area contributed by atoms with Gasteiger partial charge in [-0.1, -0.05) is 208 Å². The molecule has 0 atom stereocenters. The number of aryl methyl sites for hydroxylation is 2. The van der Waals surface area contributed by atoms with E-state index in [1.807, 2.05) is 0 Å². The topological polar surface area (TPSA) is 3.24 Å². The number of fused-ring (bicyclic) bond motifs is 3. The molecule has 1 heteroatoms. The number of anilines is 3. The number of nitrogens with zero attached hydrogens (tertiary/aromatic N) is 1. The normalized spacial score (nSPS) is 12.4. The molecule has 0 amide bonds. The molecule has 0 bridgehead atoms. The molecule has 0 N–H and O–H groups in total. The predicted octanol–water partition coefficient (Wildman–Crippen LogP) is 15.6. The summed E-state index contributed by atoms with van der Waals surface area (Å²) < 4.78 is 0. The molecule has 288 valence electrons. The predicted molar refractivity (Wildman–Crippen MR) is 253 cm³/mol. The van der Waals surface area contributed by atoms with Crippen LogP contribution in [0.25, 0.3) is 44.5 Å². The fourth-order valence-electron chi connectivity index (χ4n) is 9.84. The third kappa shape index (κ3) is 6.17. The first-order valence-corrected chi connectivity index (χ1v) is 21.3. The van der Waals surface area contributed by atoms with Crippen molar-refractivity contribution in [1.82, 2.24) is 0 Å². The van der Waals surface area contributed by atoms with Crippen LogP contribution in [0.2, 0.25) is 0 Å². The van der Waals surface area contributed by atoms with Gasteiger partial charge < -0.3 is 4.90 Å². The SMILES string of the molecule is CCc1ccccc1-c1ccc(N(c2ccc(-c3ccccc3)cc2)c2ccccc2-c2cccc3c2-c2ccccc2C3(c2ccccc2)c2ccccc2)cc1CC. The molecule has 0 spiro atoms. The Kier molecular flexibility index (Phi) is 9.79. The van der Waals surface area contributed by atoms with E-state index in [1.165, 1.54) is 77.9 Å². The summed E-state index contributed by atoms with van der Waals surface area (Å²) in [6, 6.07) is 82.9. The van der Waals surface area contributed by atoms with Crippen molar-refractivity contribution in [1.29, 1.82) is 0 Å². The maximum Gasteiger partial charge on any atom is 0.0713 e. The van der Waals surface area contributed by atoms with Crippen molar-refractivity contribution < 1.29 is 0 Å². The molecule has 0 aliphatic heterocycles. The van der Waals surface area contributed by atoms with Crippen molar-refractivity contribution in [3.8, 4) is 44.5 Å². The van der Waals surface area contributed by atoms with Crippen LogP contribution in [0.1, 0.15) is 47.2 Å². The van der Waals surface area contributed by atoms with Crippen LogP contribution >= 0.6 is 0 Å². The Morgan fingerprint density at radius 1 is 0.350 bits per heavy atom. The second-order valence-corrected chi connectivity index (χ2v) is 15.7. The van der Waals surface area contributed by atoms with E-state index in [0.717, 1.165) is 29.9 Å². The number of hydrogen-bond acceptors (Lipinski definition) is 1. The lowest BCUT2D eigenvalue weighted by Crippen LogP contribution is -2.28. The second-order valence-electron chi connectivity index (χ2n) is 15.7. The van der Waals surface area contributed by atoms with Gasteiger partial charge in [0.05, 0.1) is 11.1 Å². The van der Waals surface area contributed by atoms with Gasteiger partial charge in [0.25, 0.3) is 0 Å². The van der Waals surface area contributed by atoms with Crippen molar-refractivity contribution in [2.45, 2.75) is 32.1 Å².